The van der Waals surface area contributed by atoms with Crippen LogP contribution < -0.4 is 10.6 Å². The monoisotopic (exact) mass is 595 g/mol. The minimum Gasteiger partial charge on any atom is -0.370 e. The van der Waals surface area contributed by atoms with Crippen LogP contribution in [0.1, 0.15) is 37.1 Å². The molecule has 7 nitrogen and oxygen atoms in total. The molecule has 10 heteroatoms. The van der Waals surface area contributed by atoms with E-state index in [0.717, 1.165) is 41.4 Å². The lowest BCUT2D eigenvalue weighted by Crippen LogP contribution is -2.40. The first-order valence-electron chi connectivity index (χ1n) is 14.7. The molecule has 224 valence electrons. The maximum Gasteiger partial charge on any atom is 0.143 e. The fourth-order valence-corrected chi connectivity index (χ4v) is 6.32. The summed E-state index contributed by atoms with van der Waals surface area (Å²) in [5, 5.41) is 5.70. The first-order chi connectivity index (χ1) is 21.2. The van der Waals surface area contributed by atoms with Crippen LogP contribution in [0.25, 0.3) is 44.2 Å². The van der Waals surface area contributed by atoms with E-state index >= 15 is 4.39 Å². The number of fused-ring (bicyclic) bond motifs is 2. The fraction of sp³-hybridized carbons (Fsp3) is 0.265. The summed E-state index contributed by atoms with van der Waals surface area (Å²) in [5.41, 5.74) is 12.2. The molecule has 2 aromatic carbocycles. The molecule has 1 aliphatic heterocycles. The van der Waals surface area contributed by atoms with Gasteiger partial charge in [0.25, 0.3) is 0 Å². The van der Waals surface area contributed by atoms with E-state index in [4.69, 9.17) is 10.7 Å². The number of pyridine rings is 2. The molecule has 1 atom stereocenters. The molecule has 1 aliphatic rings. The summed E-state index contributed by atoms with van der Waals surface area (Å²) in [4.78, 5) is 11.8. The maximum atomic E-state index is 16.1. The van der Waals surface area contributed by atoms with E-state index in [1.54, 1.807) is 23.1 Å². The van der Waals surface area contributed by atoms with Crippen molar-refractivity contribution in [2.45, 2.75) is 38.8 Å². The molecule has 1 unspecified atom stereocenters. The van der Waals surface area contributed by atoms with Crippen LogP contribution >= 0.6 is 0 Å². The van der Waals surface area contributed by atoms with Gasteiger partial charge in [-0.3, -0.25) is 9.67 Å². The van der Waals surface area contributed by atoms with Crippen molar-refractivity contribution in [2.75, 3.05) is 18.0 Å². The van der Waals surface area contributed by atoms with Crippen molar-refractivity contribution < 1.29 is 13.2 Å². The molecule has 7 rings (SSSR count). The first-order valence-corrected chi connectivity index (χ1v) is 14.7. The molecule has 1 fully saturated rings. The van der Waals surface area contributed by atoms with Crippen molar-refractivity contribution in [3.8, 4) is 22.3 Å². The van der Waals surface area contributed by atoms with Gasteiger partial charge in [0.1, 0.15) is 23.1 Å². The van der Waals surface area contributed by atoms with Gasteiger partial charge in [0.2, 0.25) is 0 Å². The van der Waals surface area contributed by atoms with Gasteiger partial charge in [-0.15, -0.1) is 0 Å². The van der Waals surface area contributed by atoms with Crippen LogP contribution in [-0.4, -0.2) is 43.4 Å². The van der Waals surface area contributed by atoms with Crippen LogP contribution in [0.15, 0.2) is 67.3 Å². The molecule has 2 N–H and O–H groups in total. The lowest BCUT2D eigenvalue weighted by Gasteiger charge is -2.34. The van der Waals surface area contributed by atoms with Gasteiger partial charge < -0.3 is 15.2 Å². The van der Waals surface area contributed by atoms with Gasteiger partial charge in [-0.05, 0) is 68.1 Å². The number of anilines is 1. The molecule has 1 saturated heterocycles. The third kappa shape index (κ3) is 4.79. The number of nitrogens with two attached hydrogens (primary N) is 1. The second-order valence-electron chi connectivity index (χ2n) is 11.7. The number of nitrogens with zero attached hydrogens (tertiary/aromatic N) is 6. The normalized spacial score (nSPS) is 15.0. The standard InChI is InChI=1S/C34H32F3N7/c1-19-4-5-30(39-15-19)20(2)44-18-28(26-14-31-22(12-29(26)37)16-41-42(31)3)32-33(43-8-6-25(38)7-9-43)27(17-40-34(32)44)21-10-23(35)13-24(36)11-21/h4-5,10-18,20,25H,6-9,38H2,1-3H3. The highest BCUT2D eigenvalue weighted by Gasteiger charge is 2.29. The Labute approximate surface area is 252 Å². The highest BCUT2D eigenvalue weighted by atomic mass is 19.1. The Morgan fingerprint density at radius 3 is 2.34 bits per heavy atom. The number of aromatic nitrogens is 5. The van der Waals surface area contributed by atoms with Gasteiger partial charge in [0, 0.05) is 72.9 Å². The zero-order chi connectivity index (χ0) is 30.7. The summed E-state index contributed by atoms with van der Waals surface area (Å²) >= 11 is 0. The van der Waals surface area contributed by atoms with E-state index < -0.39 is 17.5 Å². The topological polar surface area (TPSA) is 77.8 Å². The van der Waals surface area contributed by atoms with E-state index in [2.05, 4.69) is 15.0 Å². The molecule has 0 bridgehead atoms. The van der Waals surface area contributed by atoms with E-state index in [1.807, 2.05) is 50.0 Å². The van der Waals surface area contributed by atoms with Crippen molar-refractivity contribution in [3.05, 3.63) is 96.0 Å². The number of hydrogen-bond donors (Lipinski definition) is 1. The van der Waals surface area contributed by atoms with Crippen molar-refractivity contribution >= 4 is 27.6 Å². The lowest BCUT2D eigenvalue weighted by molar-refractivity contribution is 0.502. The summed E-state index contributed by atoms with van der Waals surface area (Å²) < 4.78 is 48.9. The van der Waals surface area contributed by atoms with Crippen LogP contribution in [0, 0.1) is 24.4 Å². The van der Waals surface area contributed by atoms with Crippen molar-refractivity contribution in [1.82, 2.24) is 24.3 Å². The van der Waals surface area contributed by atoms with Crippen LogP contribution in [0.3, 0.4) is 0 Å². The van der Waals surface area contributed by atoms with Crippen molar-refractivity contribution in [2.24, 2.45) is 12.8 Å². The van der Waals surface area contributed by atoms with Crippen LogP contribution in [0.5, 0.6) is 0 Å². The predicted octanol–water partition coefficient (Wildman–Crippen LogP) is 6.91. The first kappa shape index (κ1) is 28.1. The fourth-order valence-electron chi connectivity index (χ4n) is 6.32. The quantitative estimate of drug-likeness (QED) is 0.234. The molecule has 4 aromatic heterocycles. The Kier molecular flexibility index (Phi) is 6.88. The van der Waals surface area contributed by atoms with Gasteiger partial charge >= 0.3 is 0 Å². The Hall–Kier alpha value is -4.70. The molecule has 6 aromatic rings. The molecule has 0 amide bonds. The SMILES string of the molecule is Cc1ccc(C(C)n2cc(-c3cc4c(cnn4C)cc3F)c3c(N4CCC(N)CC4)c(-c4cc(F)cc(F)c4)cnc32)nc1. The zero-order valence-electron chi connectivity index (χ0n) is 24.7. The molecule has 5 heterocycles. The van der Waals surface area contributed by atoms with Gasteiger partial charge in [-0.25, -0.2) is 18.2 Å². The Morgan fingerprint density at radius 1 is 0.886 bits per heavy atom. The summed E-state index contributed by atoms with van der Waals surface area (Å²) in [7, 11) is 1.82. The summed E-state index contributed by atoms with van der Waals surface area (Å²) in [6.45, 7) is 5.28. The second-order valence-corrected chi connectivity index (χ2v) is 11.7. The van der Waals surface area contributed by atoms with Gasteiger partial charge in [-0.1, -0.05) is 6.07 Å². The van der Waals surface area contributed by atoms with E-state index in [0.29, 0.717) is 51.8 Å². The molecule has 44 heavy (non-hydrogen) atoms. The van der Waals surface area contributed by atoms with Crippen LogP contribution in [0.4, 0.5) is 18.9 Å². The molecular formula is C34H32F3N7. The maximum absolute atomic E-state index is 16.1. The predicted molar refractivity (Wildman–Crippen MR) is 167 cm³/mol. The van der Waals surface area contributed by atoms with Crippen molar-refractivity contribution in [3.63, 3.8) is 0 Å². The average molecular weight is 596 g/mol. The van der Waals surface area contributed by atoms with E-state index in [-0.39, 0.29) is 12.1 Å². The molecule has 0 saturated carbocycles. The third-order valence-corrected chi connectivity index (χ3v) is 8.75. The summed E-state index contributed by atoms with van der Waals surface area (Å²) in [6.07, 6.45) is 8.53. The van der Waals surface area contributed by atoms with E-state index in [9.17, 15) is 8.78 Å². The minimum atomic E-state index is -0.684. The Balaban J connectivity index is 1.57. The Morgan fingerprint density at radius 2 is 1.64 bits per heavy atom. The van der Waals surface area contributed by atoms with Gasteiger partial charge in [0.15, 0.2) is 0 Å². The number of piperidine rings is 1. The van der Waals surface area contributed by atoms with Crippen molar-refractivity contribution in [1.29, 1.82) is 0 Å². The average Bonchev–Trinajstić information content (AvgIpc) is 3.56. The molecule has 0 radical (unpaired) electrons. The van der Waals surface area contributed by atoms with E-state index in [1.165, 1.54) is 18.2 Å². The highest BCUT2D eigenvalue weighted by molar-refractivity contribution is 6.09. The summed E-state index contributed by atoms with van der Waals surface area (Å²) in [5.74, 6) is -1.77. The highest BCUT2D eigenvalue weighted by Crippen LogP contribution is 2.45. The third-order valence-electron chi connectivity index (χ3n) is 8.75. The molecule has 0 spiro atoms. The number of halogens is 3. The van der Waals surface area contributed by atoms with Gasteiger partial charge in [0.05, 0.1) is 34.5 Å². The van der Waals surface area contributed by atoms with Gasteiger partial charge in [-0.2, -0.15) is 5.10 Å². The zero-order valence-corrected chi connectivity index (χ0v) is 24.7. The van der Waals surface area contributed by atoms with Crippen LogP contribution in [0.2, 0.25) is 0 Å². The molecule has 0 aliphatic carbocycles. The largest absolute Gasteiger partial charge is 0.370 e. The smallest absolute Gasteiger partial charge is 0.143 e. The number of benzene rings is 2. The minimum absolute atomic E-state index is 0.0556. The number of rotatable bonds is 5. The number of aryl methyl sites for hydroxylation is 2. The number of hydrogen-bond acceptors (Lipinski definition) is 5. The molecular weight excluding hydrogens is 563 g/mol. The second kappa shape index (κ2) is 10.8. The van der Waals surface area contributed by atoms with Crippen LogP contribution in [-0.2, 0) is 7.05 Å². The summed E-state index contributed by atoms with van der Waals surface area (Å²) in [6, 6.07) is 10.6. The lowest BCUT2D eigenvalue weighted by atomic mass is 9.96. The Bertz CT molecular complexity index is 2000.